The maximum atomic E-state index is 13.4. The van der Waals surface area contributed by atoms with Crippen molar-refractivity contribution in [2.75, 3.05) is 5.32 Å². The summed E-state index contributed by atoms with van der Waals surface area (Å²) in [4.78, 5) is 8.94. The van der Waals surface area contributed by atoms with Crippen LogP contribution >= 0.6 is 0 Å². The number of nitrogens with one attached hydrogen (secondary N) is 1. The van der Waals surface area contributed by atoms with E-state index in [-0.39, 0.29) is 5.82 Å². The molecule has 0 aliphatic heterocycles. The fourth-order valence-corrected chi connectivity index (χ4v) is 2.85. The van der Waals surface area contributed by atoms with Gasteiger partial charge in [-0.15, -0.1) is 5.10 Å². The predicted octanol–water partition coefficient (Wildman–Crippen LogP) is 3.77. The molecule has 2 aromatic carbocycles. The number of aromatic nitrogens is 4. The lowest BCUT2D eigenvalue weighted by molar-refractivity contribution is 0.625. The SMILES string of the molecule is Cc1cc(NCc2ccccc2)n2nc(Cc3cccc(F)c3)nc2n1. The standard InChI is InChI=1S/C20H18FN5/c1-14-10-19(22-13-15-6-3-2-4-7-15)26-20(23-14)24-18(25-26)12-16-8-5-9-17(21)11-16/h2-11,22H,12-13H2,1H3. The number of benzene rings is 2. The van der Waals surface area contributed by atoms with Crippen molar-refractivity contribution in [2.45, 2.75) is 19.9 Å². The Morgan fingerprint density at radius 3 is 2.58 bits per heavy atom. The summed E-state index contributed by atoms with van der Waals surface area (Å²) in [5, 5.41) is 7.94. The van der Waals surface area contributed by atoms with Gasteiger partial charge in [0.15, 0.2) is 5.82 Å². The topological polar surface area (TPSA) is 55.1 Å². The lowest BCUT2D eigenvalue weighted by atomic mass is 10.1. The summed E-state index contributed by atoms with van der Waals surface area (Å²) in [5.41, 5.74) is 2.87. The molecule has 0 amide bonds. The number of rotatable bonds is 5. The number of anilines is 1. The number of fused-ring (bicyclic) bond motifs is 1. The largest absolute Gasteiger partial charge is 0.366 e. The Balaban J connectivity index is 1.62. The summed E-state index contributed by atoms with van der Waals surface area (Å²) in [5.74, 6) is 1.71. The van der Waals surface area contributed by atoms with E-state index in [1.807, 2.05) is 37.3 Å². The number of hydrogen-bond donors (Lipinski definition) is 1. The maximum absolute atomic E-state index is 13.4. The van der Waals surface area contributed by atoms with E-state index >= 15 is 0 Å². The van der Waals surface area contributed by atoms with Crippen molar-refractivity contribution in [3.05, 3.63) is 89.1 Å². The maximum Gasteiger partial charge on any atom is 0.254 e. The zero-order valence-electron chi connectivity index (χ0n) is 14.4. The molecule has 0 bridgehead atoms. The molecule has 0 radical (unpaired) electrons. The van der Waals surface area contributed by atoms with Crippen LogP contribution < -0.4 is 5.32 Å². The summed E-state index contributed by atoms with van der Waals surface area (Å²) in [6.45, 7) is 2.60. The molecule has 0 fully saturated rings. The van der Waals surface area contributed by atoms with E-state index in [1.54, 1.807) is 10.6 Å². The highest BCUT2D eigenvalue weighted by Gasteiger charge is 2.11. The van der Waals surface area contributed by atoms with Crippen molar-refractivity contribution < 1.29 is 4.39 Å². The molecule has 6 heteroatoms. The molecule has 0 aliphatic rings. The minimum Gasteiger partial charge on any atom is -0.366 e. The van der Waals surface area contributed by atoms with E-state index in [9.17, 15) is 4.39 Å². The number of nitrogens with zero attached hydrogens (tertiary/aromatic N) is 4. The van der Waals surface area contributed by atoms with Crippen LogP contribution in [0.25, 0.3) is 5.78 Å². The molecule has 0 unspecified atom stereocenters. The molecule has 26 heavy (non-hydrogen) atoms. The fourth-order valence-electron chi connectivity index (χ4n) is 2.85. The van der Waals surface area contributed by atoms with E-state index < -0.39 is 0 Å². The van der Waals surface area contributed by atoms with Crippen molar-refractivity contribution in [3.8, 4) is 0 Å². The Bertz CT molecular complexity index is 1040. The lowest BCUT2D eigenvalue weighted by Crippen LogP contribution is -2.07. The van der Waals surface area contributed by atoms with Gasteiger partial charge in [0, 0.05) is 24.7 Å². The Morgan fingerprint density at radius 2 is 1.77 bits per heavy atom. The molecule has 130 valence electrons. The normalized spacial score (nSPS) is 11.0. The van der Waals surface area contributed by atoms with E-state index in [0.29, 0.717) is 24.6 Å². The molecular formula is C20H18FN5. The molecule has 0 saturated carbocycles. The highest BCUT2D eigenvalue weighted by molar-refractivity contribution is 5.46. The van der Waals surface area contributed by atoms with Crippen LogP contribution in [0.15, 0.2) is 60.7 Å². The molecule has 2 aromatic heterocycles. The summed E-state index contributed by atoms with van der Waals surface area (Å²) in [6, 6.07) is 18.6. The molecular weight excluding hydrogens is 329 g/mol. The van der Waals surface area contributed by atoms with Gasteiger partial charge in [0.05, 0.1) is 0 Å². The van der Waals surface area contributed by atoms with Crippen LogP contribution in [0.1, 0.15) is 22.6 Å². The molecule has 0 atom stereocenters. The highest BCUT2D eigenvalue weighted by atomic mass is 19.1. The van der Waals surface area contributed by atoms with Crippen LogP contribution in [0.4, 0.5) is 10.2 Å². The van der Waals surface area contributed by atoms with E-state index in [1.165, 1.54) is 17.7 Å². The zero-order chi connectivity index (χ0) is 17.9. The predicted molar refractivity (Wildman–Crippen MR) is 98.5 cm³/mol. The lowest BCUT2D eigenvalue weighted by Gasteiger charge is -2.08. The van der Waals surface area contributed by atoms with E-state index in [2.05, 4.69) is 32.5 Å². The second kappa shape index (κ2) is 6.92. The Labute approximate surface area is 150 Å². The summed E-state index contributed by atoms with van der Waals surface area (Å²) in [7, 11) is 0. The number of halogens is 1. The molecule has 0 saturated heterocycles. The Kier molecular flexibility index (Phi) is 4.31. The zero-order valence-corrected chi connectivity index (χ0v) is 14.4. The van der Waals surface area contributed by atoms with Gasteiger partial charge in [0.2, 0.25) is 0 Å². The molecule has 0 spiro atoms. The van der Waals surface area contributed by atoms with Gasteiger partial charge in [0.1, 0.15) is 11.6 Å². The van der Waals surface area contributed by atoms with Crippen LogP contribution in [0.3, 0.4) is 0 Å². The summed E-state index contributed by atoms with van der Waals surface area (Å²) < 4.78 is 15.1. The van der Waals surface area contributed by atoms with Gasteiger partial charge in [-0.25, -0.2) is 9.37 Å². The quantitative estimate of drug-likeness (QED) is 0.597. The first kappa shape index (κ1) is 16.2. The first-order chi connectivity index (χ1) is 12.7. The van der Waals surface area contributed by atoms with Gasteiger partial charge >= 0.3 is 0 Å². The van der Waals surface area contributed by atoms with Gasteiger partial charge < -0.3 is 5.32 Å². The van der Waals surface area contributed by atoms with E-state index in [4.69, 9.17) is 0 Å². The third-order valence-corrected chi connectivity index (χ3v) is 4.05. The Hall–Kier alpha value is -3.28. The monoisotopic (exact) mass is 347 g/mol. The fraction of sp³-hybridized carbons (Fsp3) is 0.150. The van der Waals surface area contributed by atoms with E-state index in [0.717, 1.165) is 17.1 Å². The van der Waals surface area contributed by atoms with Crippen molar-refractivity contribution in [2.24, 2.45) is 0 Å². The third kappa shape index (κ3) is 3.54. The number of aryl methyl sites for hydroxylation is 1. The molecule has 1 N–H and O–H groups in total. The highest BCUT2D eigenvalue weighted by Crippen LogP contribution is 2.15. The average molecular weight is 347 g/mol. The first-order valence-corrected chi connectivity index (χ1v) is 8.43. The van der Waals surface area contributed by atoms with Gasteiger partial charge in [0.25, 0.3) is 5.78 Å². The second-order valence-corrected chi connectivity index (χ2v) is 6.17. The smallest absolute Gasteiger partial charge is 0.254 e. The van der Waals surface area contributed by atoms with Crippen molar-refractivity contribution in [3.63, 3.8) is 0 Å². The first-order valence-electron chi connectivity index (χ1n) is 8.43. The Morgan fingerprint density at radius 1 is 0.962 bits per heavy atom. The minimum atomic E-state index is -0.259. The second-order valence-electron chi connectivity index (χ2n) is 6.17. The van der Waals surface area contributed by atoms with Crippen LogP contribution in [0, 0.1) is 12.7 Å². The van der Waals surface area contributed by atoms with Gasteiger partial charge in [-0.2, -0.15) is 9.50 Å². The van der Waals surface area contributed by atoms with Gasteiger partial charge in [-0.05, 0) is 30.2 Å². The molecule has 5 nitrogen and oxygen atoms in total. The number of hydrogen-bond acceptors (Lipinski definition) is 4. The molecule has 0 aliphatic carbocycles. The molecule has 4 aromatic rings. The molecule has 4 rings (SSSR count). The molecule has 2 heterocycles. The van der Waals surface area contributed by atoms with Gasteiger partial charge in [-0.1, -0.05) is 42.5 Å². The summed E-state index contributed by atoms with van der Waals surface area (Å²) >= 11 is 0. The average Bonchev–Trinajstić information content (AvgIpc) is 3.02. The van der Waals surface area contributed by atoms with Crippen molar-refractivity contribution in [1.82, 2.24) is 19.6 Å². The third-order valence-electron chi connectivity index (χ3n) is 4.05. The summed E-state index contributed by atoms with van der Waals surface area (Å²) in [6.07, 6.45) is 0.457. The van der Waals surface area contributed by atoms with Crippen LogP contribution in [0.2, 0.25) is 0 Å². The van der Waals surface area contributed by atoms with Crippen LogP contribution in [0.5, 0.6) is 0 Å². The van der Waals surface area contributed by atoms with Crippen molar-refractivity contribution >= 4 is 11.6 Å². The van der Waals surface area contributed by atoms with Gasteiger partial charge in [-0.3, -0.25) is 0 Å². The van der Waals surface area contributed by atoms with Crippen LogP contribution in [-0.4, -0.2) is 19.6 Å². The minimum absolute atomic E-state index is 0.259. The van der Waals surface area contributed by atoms with Crippen molar-refractivity contribution in [1.29, 1.82) is 0 Å². The van der Waals surface area contributed by atoms with Crippen LogP contribution in [-0.2, 0) is 13.0 Å².